The van der Waals surface area contributed by atoms with Crippen molar-refractivity contribution in [2.24, 2.45) is 0 Å². The van der Waals surface area contributed by atoms with E-state index >= 15 is 0 Å². The number of carbonyl (C=O) groups excluding carboxylic acids is 1. The van der Waals surface area contributed by atoms with E-state index in [0.717, 1.165) is 29.6 Å². The molecule has 4 rings (SSSR count). The van der Waals surface area contributed by atoms with Crippen LogP contribution in [0.15, 0.2) is 35.3 Å². The summed E-state index contributed by atoms with van der Waals surface area (Å²) >= 11 is 6.43. The van der Waals surface area contributed by atoms with Crippen LogP contribution in [0.1, 0.15) is 46.6 Å². The van der Waals surface area contributed by atoms with Crippen molar-refractivity contribution < 1.29 is 14.3 Å². The van der Waals surface area contributed by atoms with Gasteiger partial charge in [0, 0.05) is 36.6 Å². The van der Waals surface area contributed by atoms with Crippen LogP contribution in [0.2, 0.25) is 5.02 Å². The van der Waals surface area contributed by atoms with Crippen LogP contribution >= 0.6 is 11.6 Å². The third-order valence-corrected chi connectivity index (χ3v) is 6.45. The van der Waals surface area contributed by atoms with Crippen LogP contribution in [-0.2, 0) is 9.53 Å². The minimum absolute atomic E-state index is 0.0688. The molecule has 0 unspecified atom stereocenters. The molecule has 0 radical (unpaired) electrons. The summed E-state index contributed by atoms with van der Waals surface area (Å²) in [6.07, 6.45) is 3.02. The first kappa shape index (κ1) is 25.9. The van der Waals surface area contributed by atoms with Gasteiger partial charge in [0.05, 0.1) is 24.4 Å². The molecule has 0 aliphatic carbocycles. The van der Waals surface area contributed by atoms with Crippen LogP contribution < -0.4 is 20.5 Å². The molecule has 10 heteroatoms. The van der Waals surface area contributed by atoms with Gasteiger partial charge >= 0.3 is 0 Å². The van der Waals surface area contributed by atoms with Gasteiger partial charge in [-0.3, -0.25) is 9.59 Å². The van der Waals surface area contributed by atoms with Crippen molar-refractivity contribution in [2.45, 2.75) is 52.7 Å². The van der Waals surface area contributed by atoms with E-state index in [1.165, 1.54) is 0 Å². The number of morpholine rings is 1. The maximum atomic E-state index is 13.0. The average Bonchev–Trinajstić information content (AvgIpc) is 2.88. The Hall–Kier alpha value is -3.17. The van der Waals surface area contributed by atoms with Crippen molar-refractivity contribution in [2.75, 3.05) is 36.5 Å². The third kappa shape index (κ3) is 5.63. The second-order valence-corrected chi connectivity index (χ2v) is 9.48. The molecule has 3 heterocycles. The van der Waals surface area contributed by atoms with Gasteiger partial charge in [0.25, 0.3) is 5.56 Å². The predicted molar refractivity (Wildman–Crippen MR) is 142 cm³/mol. The van der Waals surface area contributed by atoms with Gasteiger partial charge in [0.15, 0.2) is 17.4 Å². The zero-order chi connectivity index (χ0) is 25.8. The van der Waals surface area contributed by atoms with Crippen molar-refractivity contribution in [1.29, 1.82) is 0 Å². The number of pyridine rings is 1. The highest BCUT2D eigenvalue weighted by Crippen LogP contribution is 2.29. The lowest BCUT2D eigenvalue weighted by Gasteiger charge is -2.32. The van der Waals surface area contributed by atoms with E-state index in [2.05, 4.69) is 27.1 Å². The van der Waals surface area contributed by atoms with Crippen LogP contribution in [0.3, 0.4) is 0 Å². The zero-order valence-corrected chi connectivity index (χ0v) is 21.8. The Morgan fingerprint density at radius 3 is 2.83 bits per heavy atom. The number of hydrogen-bond donors (Lipinski definition) is 1. The van der Waals surface area contributed by atoms with E-state index in [-0.39, 0.29) is 35.8 Å². The van der Waals surface area contributed by atoms with E-state index in [1.54, 1.807) is 23.8 Å². The summed E-state index contributed by atoms with van der Waals surface area (Å²) in [5, 5.41) is 4.47. The molecule has 1 aromatic carbocycles. The maximum absolute atomic E-state index is 13.0. The first-order chi connectivity index (χ1) is 17.3. The molecule has 3 aromatic rings. The zero-order valence-electron chi connectivity index (χ0n) is 21.1. The first-order valence-corrected chi connectivity index (χ1v) is 12.7. The second kappa shape index (κ2) is 11.3. The molecule has 192 valence electrons. The molecule has 1 N–H and O–H groups in total. The Balaban J connectivity index is 1.66. The minimum atomic E-state index is -0.263. The monoisotopic (exact) mass is 513 g/mol. The topological polar surface area (TPSA) is 98.6 Å². The summed E-state index contributed by atoms with van der Waals surface area (Å²) in [5.41, 5.74) is 1.25. The van der Waals surface area contributed by atoms with Gasteiger partial charge < -0.3 is 24.3 Å². The lowest BCUT2D eigenvalue weighted by atomic mass is 10.1. The number of rotatable bonds is 9. The molecule has 1 aliphatic heterocycles. The fourth-order valence-corrected chi connectivity index (χ4v) is 4.30. The van der Waals surface area contributed by atoms with Crippen LogP contribution in [0.4, 0.5) is 17.5 Å². The molecular weight excluding hydrogens is 482 g/mol. The van der Waals surface area contributed by atoms with Crippen LogP contribution in [0, 0.1) is 0 Å². The summed E-state index contributed by atoms with van der Waals surface area (Å²) in [5.74, 6) is 1.16. The molecule has 1 fully saturated rings. The van der Waals surface area contributed by atoms with E-state index in [0.29, 0.717) is 36.4 Å². The first-order valence-electron chi connectivity index (χ1n) is 12.3. The Morgan fingerprint density at radius 2 is 2.11 bits per heavy atom. The van der Waals surface area contributed by atoms with Crippen molar-refractivity contribution in [3.05, 3.63) is 45.8 Å². The van der Waals surface area contributed by atoms with E-state index in [1.807, 2.05) is 32.0 Å². The lowest BCUT2D eigenvalue weighted by molar-refractivity contribution is -0.120. The van der Waals surface area contributed by atoms with Gasteiger partial charge in [0.2, 0.25) is 5.95 Å². The highest BCUT2D eigenvalue weighted by molar-refractivity contribution is 6.32. The molecule has 0 spiro atoms. The second-order valence-electron chi connectivity index (χ2n) is 9.07. The Bertz CT molecular complexity index is 1310. The summed E-state index contributed by atoms with van der Waals surface area (Å²) < 4.78 is 13.0. The predicted octanol–water partition coefficient (Wildman–Crippen LogP) is 4.74. The number of ether oxygens (including phenoxy) is 2. The minimum Gasteiger partial charge on any atom is -0.480 e. The summed E-state index contributed by atoms with van der Waals surface area (Å²) in [7, 11) is 0. The number of benzene rings is 1. The molecule has 0 amide bonds. The molecular formula is C26H32ClN5O4. The highest BCUT2D eigenvalue weighted by atomic mass is 35.5. The number of ketones is 1. The fourth-order valence-electron chi connectivity index (χ4n) is 4.16. The van der Waals surface area contributed by atoms with Gasteiger partial charge in [-0.15, -0.1) is 0 Å². The molecule has 0 bridgehead atoms. The number of nitrogens with zero attached hydrogens (tertiary/aromatic N) is 4. The number of fused-ring (bicyclic) bond motifs is 1. The van der Waals surface area contributed by atoms with Crippen molar-refractivity contribution >= 4 is 45.7 Å². The normalized spacial score (nSPS) is 15.9. The maximum Gasteiger partial charge on any atom is 0.293 e. The van der Waals surface area contributed by atoms with E-state index in [4.69, 9.17) is 21.1 Å². The highest BCUT2D eigenvalue weighted by Gasteiger charge is 2.22. The Kier molecular flexibility index (Phi) is 8.11. The van der Waals surface area contributed by atoms with Crippen LogP contribution in [-0.4, -0.2) is 52.7 Å². The fraction of sp³-hybridized carbons (Fsp3) is 0.462. The largest absolute Gasteiger partial charge is 0.480 e. The smallest absolute Gasteiger partial charge is 0.293 e. The standard InChI is InChI=1S/C26H32ClN5O4/c1-5-19(33)15-36-23-12-17-11-18(7-8-22(17)32(16(3)4)25(23)34)29-24-21(27)13-28-26(30-24)31-9-10-35-20(6-2)14-31/h7-8,11-13,16,20H,5-6,9-10,14-15H2,1-4H3,(H,28,29,30)/t20-/m0/s1. The number of aromatic nitrogens is 3. The molecule has 1 atom stereocenters. The van der Waals surface area contributed by atoms with E-state index in [9.17, 15) is 9.59 Å². The summed E-state index contributed by atoms with van der Waals surface area (Å²) in [4.78, 5) is 36.0. The Morgan fingerprint density at radius 1 is 1.31 bits per heavy atom. The molecule has 9 nitrogen and oxygen atoms in total. The lowest BCUT2D eigenvalue weighted by Crippen LogP contribution is -2.43. The quantitative estimate of drug-likeness (QED) is 0.438. The summed E-state index contributed by atoms with van der Waals surface area (Å²) in [6, 6.07) is 7.24. The number of Topliss-reactive ketones (excluding diaryl/α,β-unsaturated/α-hetero) is 1. The van der Waals surface area contributed by atoms with Gasteiger partial charge in [-0.2, -0.15) is 4.98 Å². The summed E-state index contributed by atoms with van der Waals surface area (Å²) in [6.45, 7) is 9.67. The number of nitrogens with one attached hydrogen (secondary N) is 1. The van der Waals surface area contributed by atoms with Gasteiger partial charge in [-0.25, -0.2) is 4.98 Å². The van der Waals surface area contributed by atoms with Gasteiger partial charge in [-0.05, 0) is 44.5 Å². The molecule has 2 aromatic heterocycles. The van der Waals surface area contributed by atoms with Crippen molar-refractivity contribution in [3.8, 4) is 5.75 Å². The van der Waals surface area contributed by atoms with Crippen LogP contribution in [0.25, 0.3) is 10.9 Å². The van der Waals surface area contributed by atoms with E-state index < -0.39 is 0 Å². The Labute approximate surface area is 215 Å². The molecule has 1 saturated heterocycles. The van der Waals surface area contributed by atoms with Crippen LogP contribution in [0.5, 0.6) is 5.75 Å². The average molecular weight is 514 g/mol. The molecule has 0 saturated carbocycles. The number of carbonyl (C=O) groups is 1. The SMILES string of the molecule is CCC(=O)COc1cc2cc(Nc3nc(N4CCO[C@@H](CC)C4)ncc3Cl)ccc2n(C(C)C)c1=O. The van der Waals surface area contributed by atoms with Crippen molar-refractivity contribution in [3.63, 3.8) is 0 Å². The third-order valence-electron chi connectivity index (χ3n) is 6.17. The number of halogens is 1. The van der Waals surface area contributed by atoms with Gasteiger partial charge in [0.1, 0.15) is 11.6 Å². The molecule has 1 aliphatic rings. The molecule has 36 heavy (non-hydrogen) atoms. The number of hydrogen-bond acceptors (Lipinski definition) is 8. The van der Waals surface area contributed by atoms with Crippen molar-refractivity contribution in [1.82, 2.24) is 14.5 Å². The number of anilines is 3. The van der Waals surface area contributed by atoms with Gasteiger partial charge in [-0.1, -0.05) is 25.4 Å².